The lowest BCUT2D eigenvalue weighted by Gasteiger charge is -2.27. The molecule has 0 aliphatic heterocycles. The molecule has 2 aromatic carbocycles. The van der Waals surface area contributed by atoms with Crippen LogP contribution in [0.2, 0.25) is 0 Å². The van der Waals surface area contributed by atoms with E-state index in [2.05, 4.69) is 10.3 Å². The zero-order chi connectivity index (χ0) is 27.5. The molecule has 0 fully saturated rings. The highest BCUT2D eigenvalue weighted by Gasteiger charge is 2.30. The van der Waals surface area contributed by atoms with Crippen LogP contribution >= 0.6 is 0 Å². The van der Waals surface area contributed by atoms with E-state index in [1.165, 1.54) is 7.11 Å². The fraction of sp³-hybridized carbons (Fsp3) is 0.355. The summed E-state index contributed by atoms with van der Waals surface area (Å²) in [6.07, 6.45) is 2.79. The van der Waals surface area contributed by atoms with Crippen LogP contribution in [0.4, 0.5) is 0 Å². The Labute approximate surface area is 225 Å². The third kappa shape index (κ3) is 8.26. The summed E-state index contributed by atoms with van der Waals surface area (Å²) in [6.45, 7) is 4.43. The largest absolute Gasteiger partial charge is 0.469 e. The minimum atomic E-state index is -0.895. The highest BCUT2D eigenvalue weighted by Crippen LogP contribution is 2.25. The number of rotatable bonds is 12. The van der Waals surface area contributed by atoms with Crippen molar-refractivity contribution >= 4 is 17.8 Å². The van der Waals surface area contributed by atoms with E-state index in [0.29, 0.717) is 24.9 Å². The van der Waals surface area contributed by atoms with Gasteiger partial charge in [-0.25, -0.2) is 0 Å². The van der Waals surface area contributed by atoms with Gasteiger partial charge in [0.25, 0.3) is 0 Å². The summed E-state index contributed by atoms with van der Waals surface area (Å²) in [6, 6.07) is 22.4. The van der Waals surface area contributed by atoms with Crippen molar-refractivity contribution < 1.29 is 19.1 Å². The van der Waals surface area contributed by atoms with Gasteiger partial charge in [0.05, 0.1) is 13.5 Å². The van der Waals surface area contributed by atoms with Crippen LogP contribution in [0.5, 0.6) is 0 Å². The molecule has 0 saturated heterocycles. The lowest BCUT2D eigenvalue weighted by Crippen LogP contribution is -2.44. The molecule has 2 amide bonds. The van der Waals surface area contributed by atoms with Crippen molar-refractivity contribution in [3.05, 3.63) is 90.3 Å². The minimum absolute atomic E-state index is 0.0378. The number of carbonyl (C=O) groups excluding carboxylic acids is 3. The van der Waals surface area contributed by atoms with Gasteiger partial charge in [-0.1, -0.05) is 74.5 Å². The number of hydrogen-bond donors (Lipinski definition) is 1. The number of amides is 2. The number of ether oxygens (including phenoxy) is 1. The first-order valence-electron chi connectivity index (χ1n) is 13.0. The molecular formula is C31H37N3O4. The standard InChI is InChI=1S/C31H37N3O4/c1-22(2)20-26(21-28(35)38-4)30(36)33-29(31(37)34(3)19-17-27-12-8-9-18-32-27)25-15-13-24(14-16-25)23-10-6-5-7-11-23/h5-16,18,22,26,29H,17,19-21H2,1-4H3,(H,33,36)/t26-,29?/m1/s1. The molecule has 0 radical (unpaired) electrons. The quantitative estimate of drug-likeness (QED) is 0.349. The van der Waals surface area contributed by atoms with Crippen molar-refractivity contribution in [2.24, 2.45) is 11.8 Å². The van der Waals surface area contributed by atoms with E-state index >= 15 is 0 Å². The zero-order valence-corrected chi connectivity index (χ0v) is 22.6. The van der Waals surface area contributed by atoms with Crippen LogP contribution in [-0.2, 0) is 25.5 Å². The molecule has 3 aromatic rings. The van der Waals surface area contributed by atoms with Gasteiger partial charge in [0, 0.05) is 37.8 Å². The summed E-state index contributed by atoms with van der Waals surface area (Å²) in [5, 5.41) is 2.95. The summed E-state index contributed by atoms with van der Waals surface area (Å²) in [5.74, 6) is -1.43. The fourth-order valence-electron chi connectivity index (χ4n) is 4.34. The molecular weight excluding hydrogens is 478 g/mol. The van der Waals surface area contributed by atoms with E-state index in [-0.39, 0.29) is 24.2 Å². The molecule has 1 heterocycles. The van der Waals surface area contributed by atoms with Crippen LogP contribution < -0.4 is 5.32 Å². The van der Waals surface area contributed by atoms with Crippen LogP contribution in [0, 0.1) is 11.8 Å². The second-order valence-corrected chi connectivity index (χ2v) is 9.87. The van der Waals surface area contributed by atoms with E-state index in [9.17, 15) is 14.4 Å². The molecule has 0 spiro atoms. The van der Waals surface area contributed by atoms with Gasteiger partial charge in [0.15, 0.2) is 0 Å². The van der Waals surface area contributed by atoms with Crippen molar-refractivity contribution in [1.82, 2.24) is 15.2 Å². The molecule has 0 aliphatic carbocycles. The van der Waals surface area contributed by atoms with Crippen LogP contribution in [0.3, 0.4) is 0 Å². The van der Waals surface area contributed by atoms with Crippen molar-refractivity contribution in [2.75, 3.05) is 20.7 Å². The van der Waals surface area contributed by atoms with Crippen molar-refractivity contribution in [3.63, 3.8) is 0 Å². The lowest BCUT2D eigenvalue weighted by atomic mass is 9.92. The van der Waals surface area contributed by atoms with Gasteiger partial charge >= 0.3 is 5.97 Å². The number of esters is 1. The first-order valence-corrected chi connectivity index (χ1v) is 13.0. The number of hydrogen-bond acceptors (Lipinski definition) is 5. The smallest absolute Gasteiger partial charge is 0.306 e. The molecule has 0 saturated carbocycles. The normalized spacial score (nSPS) is 12.4. The number of benzene rings is 2. The number of likely N-dealkylation sites (N-methyl/N-ethyl adjacent to an activating group) is 1. The summed E-state index contributed by atoms with van der Waals surface area (Å²) < 4.78 is 4.82. The topological polar surface area (TPSA) is 88.6 Å². The number of nitrogens with one attached hydrogen (secondary N) is 1. The summed E-state index contributed by atoms with van der Waals surface area (Å²) in [5.41, 5.74) is 3.64. The molecule has 1 unspecified atom stereocenters. The van der Waals surface area contributed by atoms with Gasteiger partial charge in [0.1, 0.15) is 6.04 Å². The van der Waals surface area contributed by atoms with E-state index < -0.39 is 17.9 Å². The van der Waals surface area contributed by atoms with Gasteiger partial charge in [-0.05, 0) is 41.2 Å². The number of methoxy groups -OCH3 is 1. The maximum atomic E-state index is 13.7. The monoisotopic (exact) mass is 515 g/mol. The summed E-state index contributed by atoms with van der Waals surface area (Å²) in [7, 11) is 3.03. The van der Waals surface area contributed by atoms with E-state index in [1.54, 1.807) is 18.1 Å². The number of pyridine rings is 1. The Morgan fingerprint density at radius 3 is 2.18 bits per heavy atom. The Morgan fingerprint density at radius 2 is 1.58 bits per heavy atom. The molecule has 200 valence electrons. The average molecular weight is 516 g/mol. The maximum absolute atomic E-state index is 13.7. The van der Waals surface area contributed by atoms with E-state index in [1.807, 2.05) is 86.6 Å². The van der Waals surface area contributed by atoms with Gasteiger partial charge in [-0.2, -0.15) is 0 Å². The predicted molar refractivity (Wildman–Crippen MR) is 148 cm³/mol. The molecule has 0 bridgehead atoms. The average Bonchev–Trinajstić information content (AvgIpc) is 2.94. The zero-order valence-electron chi connectivity index (χ0n) is 22.6. The van der Waals surface area contributed by atoms with Crippen molar-refractivity contribution in [2.45, 2.75) is 39.2 Å². The Balaban J connectivity index is 1.85. The van der Waals surface area contributed by atoms with Crippen LogP contribution in [0.15, 0.2) is 79.0 Å². The number of nitrogens with zero attached hydrogens (tertiary/aromatic N) is 2. The van der Waals surface area contributed by atoms with Gasteiger partial charge in [0.2, 0.25) is 11.8 Å². The summed E-state index contributed by atoms with van der Waals surface area (Å²) >= 11 is 0. The molecule has 1 aromatic heterocycles. The van der Waals surface area contributed by atoms with Gasteiger partial charge in [-0.3, -0.25) is 19.4 Å². The second kappa shape index (κ2) is 14.1. The molecule has 0 aliphatic rings. The molecule has 1 N–H and O–H groups in total. The van der Waals surface area contributed by atoms with Crippen LogP contribution in [0.25, 0.3) is 11.1 Å². The first kappa shape index (κ1) is 28.6. The SMILES string of the molecule is COC(=O)C[C@@H](CC(C)C)C(=O)NC(C(=O)N(C)CCc1ccccn1)c1ccc(-c2ccccc2)cc1. The third-order valence-corrected chi connectivity index (χ3v) is 6.46. The van der Waals surface area contributed by atoms with Crippen molar-refractivity contribution in [3.8, 4) is 11.1 Å². The highest BCUT2D eigenvalue weighted by atomic mass is 16.5. The summed E-state index contributed by atoms with van der Waals surface area (Å²) in [4.78, 5) is 45.0. The molecule has 2 atom stereocenters. The molecule has 7 heteroatoms. The fourth-order valence-corrected chi connectivity index (χ4v) is 4.34. The van der Waals surface area contributed by atoms with Crippen molar-refractivity contribution in [1.29, 1.82) is 0 Å². The minimum Gasteiger partial charge on any atom is -0.469 e. The third-order valence-electron chi connectivity index (χ3n) is 6.46. The molecule has 3 rings (SSSR count). The predicted octanol–water partition coefficient (Wildman–Crippen LogP) is 4.83. The Bertz CT molecular complexity index is 1180. The van der Waals surface area contributed by atoms with E-state index in [0.717, 1.165) is 16.8 Å². The van der Waals surface area contributed by atoms with Crippen LogP contribution in [-0.4, -0.2) is 48.4 Å². The Hall–Kier alpha value is -4.00. The number of aromatic nitrogens is 1. The Kier molecular flexibility index (Phi) is 10.6. The number of carbonyl (C=O) groups is 3. The maximum Gasteiger partial charge on any atom is 0.306 e. The molecule has 7 nitrogen and oxygen atoms in total. The molecule has 38 heavy (non-hydrogen) atoms. The van der Waals surface area contributed by atoms with Gasteiger partial charge < -0.3 is 15.0 Å². The van der Waals surface area contributed by atoms with Crippen LogP contribution in [0.1, 0.15) is 44.0 Å². The second-order valence-electron chi connectivity index (χ2n) is 9.87. The van der Waals surface area contributed by atoms with Gasteiger partial charge in [-0.15, -0.1) is 0 Å². The van der Waals surface area contributed by atoms with E-state index in [4.69, 9.17) is 4.74 Å². The highest BCUT2D eigenvalue weighted by molar-refractivity contribution is 5.91. The lowest BCUT2D eigenvalue weighted by molar-refractivity contribution is -0.145. The Morgan fingerprint density at radius 1 is 0.921 bits per heavy atom. The first-order chi connectivity index (χ1) is 18.3.